The lowest BCUT2D eigenvalue weighted by Crippen LogP contribution is -2.46. The molecule has 1 saturated heterocycles. The Labute approximate surface area is 139 Å². The second kappa shape index (κ2) is 7.31. The summed E-state index contributed by atoms with van der Waals surface area (Å²) in [4.78, 5) is 4.80. The highest BCUT2D eigenvalue weighted by Crippen LogP contribution is 2.31. The van der Waals surface area contributed by atoms with Crippen molar-refractivity contribution in [3.8, 4) is 0 Å². The van der Waals surface area contributed by atoms with Gasteiger partial charge in [0.2, 0.25) is 0 Å². The van der Waals surface area contributed by atoms with Crippen molar-refractivity contribution in [2.24, 2.45) is 0 Å². The van der Waals surface area contributed by atoms with Gasteiger partial charge < -0.3 is 14.9 Å². The van der Waals surface area contributed by atoms with Gasteiger partial charge >= 0.3 is 0 Å². The molecule has 2 rings (SSSR count). The van der Waals surface area contributed by atoms with Crippen LogP contribution in [0.25, 0.3) is 0 Å². The van der Waals surface area contributed by atoms with Crippen molar-refractivity contribution in [1.82, 2.24) is 9.80 Å². The van der Waals surface area contributed by atoms with Crippen molar-refractivity contribution < 1.29 is 5.11 Å². The first-order valence-corrected chi connectivity index (χ1v) is 8.52. The maximum Gasteiger partial charge on any atom is 0.0672 e. The van der Waals surface area contributed by atoms with E-state index < -0.39 is 5.60 Å². The zero-order valence-corrected chi connectivity index (χ0v) is 15.0. The van der Waals surface area contributed by atoms with Crippen LogP contribution < -0.4 is 0 Å². The Morgan fingerprint density at radius 2 is 1.95 bits per heavy atom. The van der Waals surface area contributed by atoms with Gasteiger partial charge in [-0.15, -0.1) is 0 Å². The molecule has 1 unspecified atom stereocenters. The monoisotopic (exact) mass is 324 g/mol. The van der Waals surface area contributed by atoms with Gasteiger partial charge in [-0.2, -0.15) is 0 Å². The number of rotatable bonds is 5. The largest absolute Gasteiger partial charge is 0.390 e. The van der Waals surface area contributed by atoms with Crippen LogP contribution in [-0.4, -0.2) is 60.3 Å². The van der Waals surface area contributed by atoms with E-state index >= 15 is 0 Å². The van der Waals surface area contributed by atoms with Crippen molar-refractivity contribution in [1.29, 1.82) is 0 Å². The SMILES string of the molecule is CN(C)C1CCN(CC(c2cccc(Cl)c2)C(C)(C)O)CC1. The van der Waals surface area contributed by atoms with E-state index in [1.807, 2.05) is 32.0 Å². The summed E-state index contributed by atoms with van der Waals surface area (Å²) in [7, 11) is 4.32. The number of benzene rings is 1. The molecule has 3 nitrogen and oxygen atoms in total. The molecule has 124 valence electrons. The van der Waals surface area contributed by atoms with E-state index in [4.69, 9.17) is 11.6 Å². The van der Waals surface area contributed by atoms with E-state index in [1.54, 1.807) is 0 Å². The van der Waals surface area contributed by atoms with E-state index in [2.05, 4.69) is 30.0 Å². The summed E-state index contributed by atoms with van der Waals surface area (Å²) in [5.74, 6) is 0.0714. The van der Waals surface area contributed by atoms with E-state index in [0.717, 1.165) is 30.2 Å². The average Bonchev–Trinajstić information content (AvgIpc) is 2.44. The predicted octanol–water partition coefficient (Wildman–Crippen LogP) is 3.22. The number of piperidine rings is 1. The minimum absolute atomic E-state index is 0.0714. The Kier molecular flexibility index (Phi) is 5.89. The summed E-state index contributed by atoms with van der Waals surface area (Å²) in [6.45, 7) is 6.85. The molecular formula is C18H29ClN2O. The first kappa shape index (κ1) is 17.7. The third-order valence-electron chi connectivity index (χ3n) is 4.83. The Bertz CT molecular complexity index is 476. The minimum Gasteiger partial charge on any atom is -0.390 e. The molecular weight excluding hydrogens is 296 g/mol. The maximum atomic E-state index is 10.6. The number of likely N-dealkylation sites (tertiary alicyclic amines) is 1. The Morgan fingerprint density at radius 1 is 1.32 bits per heavy atom. The van der Waals surface area contributed by atoms with Crippen molar-refractivity contribution in [3.05, 3.63) is 34.9 Å². The summed E-state index contributed by atoms with van der Waals surface area (Å²) >= 11 is 6.13. The summed E-state index contributed by atoms with van der Waals surface area (Å²) in [6.07, 6.45) is 2.39. The Hall–Kier alpha value is -0.610. The molecule has 1 fully saturated rings. The van der Waals surface area contributed by atoms with Crippen LogP contribution in [0.4, 0.5) is 0 Å². The molecule has 0 amide bonds. The molecule has 0 saturated carbocycles. The van der Waals surface area contributed by atoms with Gasteiger partial charge in [-0.1, -0.05) is 23.7 Å². The summed E-state index contributed by atoms with van der Waals surface area (Å²) in [5.41, 5.74) is 0.359. The number of hydrogen-bond donors (Lipinski definition) is 1. The minimum atomic E-state index is -0.761. The van der Waals surface area contributed by atoms with Crippen molar-refractivity contribution in [2.75, 3.05) is 33.7 Å². The van der Waals surface area contributed by atoms with Gasteiger partial charge in [-0.05, 0) is 71.6 Å². The Morgan fingerprint density at radius 3 is 2.45 bits per heavy atom. The smallest absolute Gasteiger partial charge is 0.0672 e. The molecule has 1 N–H and O–H groups in total. The molecule has 0 aliphatic carbocycles. The molecule has 1 heterocycles. The topological polar surface area (TPSA) is 26.7 Å². The molecule has 4 heteroatoms. The molecule has 1 atom stereocenters. The van der Waals surface area contributed by atoms with E-state index in [-0.39, 0.29) is 5.92 Å². The summed E-state index contributed by atoms with van der Waals surface area (Å²) in [5, 5.41) is 11.3. The zero-order chi connectivity index (χ0) is 16.3. The molecule has 22 heavy (non-hydrogen) atoms. The second-order valence-electron chi connectivity index (χ2n) is 7.26. The van der Waals surface area contributed by atoms with Gasteiger partial charge in [-0.3, -0.25) is 0 Å². The van der Waals surface area contributed by atoms with Gasteiger partial charge in [0, 0.05) is 23.5 Å². The molecule has 0 spiro atoms. The number of nitrogens with zero attached hydrogens (tertiary/aromatic N) is 2. The van der Waals surface area contributed by atoms with Crippen LogP contribution >= 0.6 is 11.6 Å². The van der Waals surface area contributed by atoms with Crippen LogP contribution in [0.5, 0.6) is 0 Å². The number of hydrogen-bond acceptors (Lipinski definition) is 3. The predicted molar refractivity (Wildman–Crippen MR) is 93.6 cm³/mol. The second-order valence-corrected chi connectivity index (χ2v) is 7.69. The summed E-state index contributed by atoms with van der Waals surface area (Å²) < 4.78 is 0. The highest BCUT2D eigenvalue weighted by atomic mass is 35.5. The first-order chi connectivity index (χ1) is 10.3. The van der Waals surface area contributed by atoms with Gasteiger partial charge in [-0.25, -0.2) is 0 Å². The number of aliphatic hydroxyl groups is 1. The highest BCUT2D eigenvalue weighted by Gasteiger charge is 2.31. The van der Waals surface area contributed by atoms with Crippen molar-refractivity contribution >= 4 is 11.6 Å². The third kappa shape index (κ3) is 4.69. The van der Waals surface area contributed by atoms with Crippen molar-refractivity contribution in [2.45, 2.75) is 44.2 Å². The van der Waals surface area contributed by atoms with E-state index in [9.17, 15) is 5.11 Å². The fourth-order valence-corrected chi connectivity index (χ4v) is 3.54. The number of halogens is 1. The van der Waals surface area contributed by atoms with Crippen LogP contribution in [0, 0.1) is 0 Å². The van der Waals surface area contributed by atoms with Crippen LogP contribution in [0.2, 0.25) is 5.02 Å². The van der Waals surface area contributed by atoms with Gasteiger partial charge in [0.25, 0.3) is 0 Å². The van der Waals surface area contributed by atoms with Gasteiger partial charge in [0.15, 0.2) is 0 Å². The summed E-state index contributed by atoms with van der Waals surface area (Å²) in [6, 6.07) is 8.59. The van der Waals surface area contributed by atoms with Gasteiger partial charge in [0.05, 0.1) is 5.60 Å². The lowest BCUT2D eigenvalue weighted by Gasteiger charge is -2.39. The van der Waals surface area contributed by atoms with E-state index in [0.29, 0.717) is 6.04 Å². The standard InChI is InChI=1S/C18H29ClN2O/c1-18(2,22)17(14-6-5-7-15(19)12-14)13-21-10-8-16(9-11-21)20(3)4/h5-7,12,16-17,22H,8-11,13H2,1-4H3. The molecule has 0 radical (unpaired) electrons. The van der Waals surface area contributed by atoms with Gasteiger partial charge in [0.1, 0.15) is 0 Å². The molecule has 0 bridgehead atoms. The average molecular weight is 325 g/mol. The normalized spacial score (nSPS) is 19.6. The van der Waals surface area contributed by atoms with Crippen LogP contribution in [-0.2, 0) is 0 Å². The third-order valence-corrected chi connectivity index (χ3v) is 5.07. The quantitative estimate of drug-likeness (QED) is 0.901. The molecule has 1 aliphatic rings. The lowest BCUT2D eigenvalue weighted by atomic mass is 9.84. The molecule has 0 aromatic heterocycles. The Balaban J connectivity index is 2.06. The highest BCUT2D eigenvalue weighted by molar-refractivity contribution is 6.30. The fraction of sp³-hybridized carbons (Fsp3) is 0.667. The van der Waals surface area contributed by atoms with E-state index in [1.165, 1.54) is 12.8 Å². The molecule has 1 aromatic rings. The fourth-order valence-electron chi connectivity index (χ4n) is 3.34. The molecule has 1 aromatic carbocycles. The molecule has 1 aliphatic heterocycles. The van der Waals surface area contributed by atoms with Crippen LogP contribution in [0.15, 0.2) is 24.3 Å². The maximum absolute atomic E-state index is 10.6. The zero-order valence-electron chi connectivity index (χ0n) is 14.2. The first-order valence-electron chi connectivity index (χ1n) is 8.14. The lowest BCUT2D eigenvalue weighted by molar-refractivity contribution is 0.0277. The van der Waals surface area contributed by atoms with Crippen LogP contribution in [0.1, 0.15) is 38.2 Å². The van der Waals surface area contributed by atoms with Crippen molar-refractivity contribution in [3.63, 3.8) is 0 Å². The van der Waals surface area contributed by atoms with Crippen LogP contribution in [0.3, 0.4) is 0 Å².